The summed E-state index contributed by atoms with van der Waals surface area (Å²) in [6.07, 6.45) is 16.8. The molecule has 3 rings (SSSR count). The summed E-state index contributed by atoms with van der Waals surface area (Å²) in [6, 6.07) is 19.3. The molecule has 0 unspecified atom stereocenters. The summed E-state index contributed by atoms with van der Waals surface area (Å²) < 4.78 is 17.3. The van der Waals surface area contributed by atoms with E-state index in [1.807, 2.05) is 49.4 Å². The molecule has 0 aliphatic rings. The van der Waals surface area contributed by atoms with E-state index in [0.717, 1.165) is 61.8 Å². The molecule has 0 aliphatic carbocycles. The van der Waals surface area contributed by atoms with Crippen LogP contribution < -0.4 is 14.2 Å². The summed E-state index contributed by atoms with van der Waals surface area (Å²) in [5, 5.41) is 11.7. The third-order valence-electron chi connectivity index (χ3n) is 7.76. The first-order valence-corrected chi connectivity index (χ1v) is 16.5. The molecule has 0 saturated heterocycles. The van der Waals surface area contributed by atoms with Crippen LogP contribution in [0.1, 0.15) is 108 Å². The molecule has 0 spiro atoms. The molecule has 0 saturated carbocycles. The number of esters is 1. The number of unbranched alkanes of at least 4 members (excludes halogenated alkanes) is 10. The number of allylic oxidation sites excluding steroid dienone is 1. The summed E-state index contributed by atoms with van der Waals surface area (Å²) in [4.78, 5) is 24.0. The van der Waals surface area contributed by atoms with Gasteiger partial charge in [0.15, 0.2) is 5.75 Å². The molecule has 7 heteroatoms. The van der Waals surface area contributed by atoms with Crippen LogP contribution in [0.25, 0.3) is 11.1 Å². The summed E-state index contributed by atoms with van der Waals surface area (Å²) >= 11 is 0. The first-order valence-electron chi connectivity index (χ1n) is 16.5. The topological polar surface area (TPSA) is 87.9 Å². The van der Waals surface area contributed by atoms with Crippen molar-refractivity contribution in [3.8, 4) is 28.4 Å². The van der Waals surface area contributed by atoms with Gasteiger partial charge in [0.1, 0.15) is 11.5 Å². The van der Waals surface area contributed by atoms with Gasteiger partial charge >= 0.3 is 11.7 Å². The van der Waals surface area contributed by atoms with Gasteiger partial charge in [0.25, 0.3) is 0 Å². The highest BCUT2D eigenvalue weighted by Gasteiger charge is 2.21. The quantitative estimate of drug-likeness (QED) is 0.0279. The predicted molar refractivity (Wildman–Crippen MR) is 181 cm³/mol. The number of nitrogens with zero attached hydrogens (tertiary/aromatic N) is 1. The molecule has 45 heavy (non-hydrogen) atoms. The van der Waals surface area contributed by atoms with Gasteiger partial charge in [-0.05, 0) is 86.6 Å². The second-order valence-corrected chi connectivity index (χ2v) is 11.6. The van der Waals surface area contributed by atoms with Gasteiger partial charge in [-0.3, -0.25) is 10.1 Å². The Bertz CT molecular complexity index is 1320. The maximum Gasteiger partial charge on any atom is 0.343 e. The van der Waals surface area contributed by atoms with E-state index < -0.39 is 10.9 Å². The first-order chi connectivity index (χ1) is 21.9. The lowest BCUT2D eigenvalue weighted by Crippen LogP contribution is -2.14. The molecule has 0 heterocycles. The summed E-state index contributed by atoms with van der Waals surface area (Å²) in [5.74, 6) is 0.682. The first kappa shape index (κ1) is 35.4. The molecule has 0 aromatic heterocycles. The Morgan fingerprint density at radius 3 is 2.04 bits per heavy atom. The Balaban J connectivity index is 1.46. The van der Waals surface area contributed by atoms with E-state index in [-0.39, 0.29) is 23.1 Å². The van der Waals surface area contributed by atoms with Gasteiger partial charge in [0, 0.05) is 6.07 Å². The summed E-state index contributed by atoms with van der Waals surface area (Å²) in [7, 11) is 0. The second-order valence-electron chi connectivity index (χ2n) is 11.6. The van der Waals surface area contributed by atoms with Crippen molar-refractivity contribution in [2.24, 2.45) is 0 Å². The molecule has 0 radical (unpaired) electrons. The van der Waals surface area contributed by atoms with E-state index >= 15 is 0 Å². The van der Waals surface area contributed by atoms with Crippen molar-refractivity contribution in [2.45, 2.75) is 103 Å². The molecular weight excluding hydrogens is 566 g/mol. The predicted octanol–water partition coefficient (Wildman–Crippen LogP) is 10.9. The maximum absolute atomic E-state index is 12.8. The molecule has 0 aliphatic heterocycles. The fraction of sp³-hybridized carbons (Fsp3) is 0.447. The Labute approximate surface area is 268 Å². The zero-order valence-electron chi connectivity index (χ0n) is 27.0. The number of benzene rings is 3. The summed E-state index contributed by atoms with van der Waals surface area (Å²) in [5.41, 5.74) is 1.82. The highest BCUT2D eigenvalue weighted by Crippen LogP contribution is 2.31. The molecule has 3 aromatic rings. The van der Waals surface area contributed by atoms with E-state index in [2.05, 4.69) is 13.5 Å². The second kappa shape index (κ2) is 20.0. The Morgan fingerprint density at radius 1 is 0.822 bits per heavy atom. The Hall–Kier alpha value is -4.13. The largest absolute Gasteiger partial charge is 0.494 e. The molecule has 1 atom stereocenters. The van der Waals surface area contributed by atoms with E-state index in [9.17, 15) is 14.9 Å². The number of hydrogen-bond acceptors (Lipinski definition) is 6. The van der Waals surface area contributed by atoms with Crippen LogP contribution in [0.4, 0.5) is 5.69 Å². The minimum Gasteiger partial charge on any atom is -0.494 e. The van der Waals surface area contributed by atoms with E-state index in [0.29, 0.717) is 12.4 Å². The van der Waals surface area contributed by atoms with Crippen LogP contribution in [0.15, 0.2) is 79.4 Å². The standard InChI is InChI=1S/C38H49NO6/c1-4-6-8-10-11-12-13-14-16-28-43-34-23-18-31(19-24-34)32-20-25-35(26-21-32)45-38(40)33-22-27-37(36(29-33)39(41)42)44-30(3)17-15-9-7-5-2/h4,18-27,29-30H,1,5-17,28H2,2-3H3/t30-/m0/s1. The number of rotatable bonds is 22. The zero-order chi connectivity index (χ0) is 32.3. The SMILES string of the molecule is C=CCCCCCCCCCOc1ccc(-c2ccc(OC(=O)c3ccc(O[C@@H](C)CCCCCC)c([N+](=O)[O-])c3)cc2)cc1. The minimum atomic E-state index is -0.671. The fourth-order valence-electron chi connectivity index (χ4n) is 5.11. The third kappa shape index (κ3) is 12.8. The highest BCUT2D eigenvalue weighted by atomic mass is 16.6. The van der Waals surface area contributed by atoms with Crippen molar-refractivity contribution in [3.63, 3.8) is 0 Å². The van der Waals surface area contributed by atoms with Gasteiger partial charge in [0.05, 0.1) is 23.2 Å². The van der Waals surface area contributed by atoms with Crippen LogP contribution in [-0.4, -0.2) is 23.6 Å². The van der Waals surface area contributed by atoms with Crippen LogP contribution in [0.2, 0.25) is 0 Å². The monoisotopic (exact) mass is 615 g/mol. The lowest BCUT2D eigenvalue weighted by molar-refractivity contribution is -0.386. The molecule has 0 N–H and O–H groups in total. The van der Waals surface area contributed by atoms with Gasteiger partial charge in [0.2, 0.25) is 0 Å². The lowest BCUT2D eigenvalue weighted by atomic mass is 10.1. The lowest BCUT2D eigenvalue weighted by Gasteiger charge is -2.15. The fourth-order valence-corrected chi connectivity index (χ4v) is 5.11. The molecular formula is C38H49NO6. The molecule has 0 bridgehead atoms. The number of carbonyl (C=O) groups is 1. The molecule has 3 aromatic carbocycles. The molecule has 7 nitrogen and oxygen atoms in total. The van der Waals surface area contributed by atoms with Crippen LogP contribution in [0.5, 0.6) is 17.2 Å². The zero-order valence-corrected chi connectivity index (χ0v) is 27.0. The number of carbonyl (C=O) groups excluding carboxylic acids is 1. The van der Waals surface area contributed by atoms with Crippen LogP contribution >= 0.6 is 0 Å². The molecule has 0 amide bonds. The van der Waals surface area contributed by atoms with Crippen molar-refractivity contribution in [2.75, 3.05) is 6.61 Å². The van der Waals surface area contributed by atoms with E-state index in [1.54, 1.807) is 12.1 Å². The van der Waals surface area contributed by atoms with Gasteiger partial charge in [-0.25, -0.2) is 4.79 Å². The van der Waals surface area contributed by atoms with Crippen molar-refractivity contribution < 1.29 is 23.9 Å². The van der Waals surface area contributed by atoms with E-state index in [4.69, 9.17) is 14.2 Å². The number of hydrogen-bond donors (Lipinski definition) is 0. The van der Waals surface area contributed by atoms with Gasteiger partial charge < -0.3 is 14.2 Å². The van der Waals surface area contributed by atoms with Crippen molar-refractivity contribution in [1.82, 2.24) is 0 Å². The number of nitro benzene ring substituents is 1. The van der Waals surface area contributed by atoms with Gasteiger partial charge in [-0.15, -0.1) is 6.58 Å². The number of ether oxygens (including phenoxy) is 3. The Morgan fingerprint density at radius 2 is 1.42 bits per heavy atom. The van der Waals surface area contributed by atoms with Gasteiger partial charge in [-0.1, -0.05) is 88.6 Å². The van der Waals surface area contributed by atoms with Gasteiger partial charge in [-0.2, -0.15) is 0 Å². The average molecular weight is 616 g/mol. The molecule has 242 valence electrons. The van der Waals surface area contributed by atoms with Crippen LogP contribution in [0.3, 0.4) is 0 Å². The third-order valence-corrected chi connectivity index (χ3v) is 7.76. The smallest absolute Gasteiger partial charge is 0.343 e. The number of nitro groups is 1. The van der Waals surface area contributed by atoms with Crippen LogP contribution in [0, 0.1) is 10.1 Å². The summed E-state index contributed by atoms with van der Waals surface area (Å²) in [6.45, 7) is 8.54. The van der Waals surface area contributed by atoms with Crippen LogP contribution in [-0.2, 0) is 0 Å². The van der Waals surface area contributed by atoms with E-state index in [1.165, 1.54) is 56.7 Å². The van der Waals surface area contributed by atoms with Crippen molar-refractivity contribution in [3.05, 3.63) is 95.1 Å². The molecule has 0 fully saturated rings. The highest BCUT2D eigenvalue weighted by molar-refractivity contribution is 5.92. The average Bonchev–Trinajstić information content (AvgIpc) is 3.04. The van der Waals surface area contributed by atoms with Crippen molar-refractivity contribution in [1.29, 1.82) is 0 Å². The van der Waals surface area contributed by atoms with Crippen molar-refractivity contribution >= 4 is 11.7 Å². The maximum atomic E-state index is 12.8. The minimum absolute atomic E-state index is 0.0866. The Kier molecular flexibility index (Phi) is 15.7. The normalized spacial score (nSPS) is 11.5.